The van der Waals surface area contributed by atoms with Gasteiger partial charge in [-0.05, 0) is 44.2 Å². The van der Waals surface area contributed by atoms with Gasteiger partial charge in [0.15, 0.2) is 0 Å². The molecule has 0 saturated carbocycles. The molecule has 0 bridgehead atoms. The van der Waals surface area contributed by atoms with Crippen LogP contribution in [0.25, 0.3) is 0 Å². The van der Waals surface area contributed by atoms with Crippen molar-refractivity contribution in [2.75, 3.05) is 33.4 Å². The average Bonchev–Trinajstić information content (AvgIpc) is 2.22. The van der Waals surface area contributed by atoms with Crippen LogP contribution in [0.3, 0.4) is 0 Å². The molecular weight excluding hydrogens is 200 g/mol. The van der Waals surface area contributed by atoms with Crippen molar-refractivity contribution >= 4 is 0 Å². The van der Waals surface area contributed by atoms with Gasteiger partial charge in [0, 0.05) is 19.7 Å². The minimum absolute atomic E-state index is 0.465. The van der Waals surface area contributed by atoms with Gasteiger partial charge in [-0.25, -0.2) is 0 Å². The third kappa shape index (κ3) is 4.40. The molecule has 1 aliphatic heterocycles. The van der Waals surface area contributed by atoms with Crippen LogP contribution in [0.2, 0.25) is 0 Å². The highest BCUT2D eigenvalue weighted by atomic mass is 16.5. The summed E-state index contributed by atoms with van der Waals surface area (Å²) >= 11 is 0. The summed E-state index contributed by atoms with van der Waals surface area (Å²) in [7, 11) is 1.80. The first-order valence-corrected chi connectivity index (χ1v) is 6.52. The van der Waals surface area contributed by atoms with Crippen LogP contribution in [-0.4, -0.2) is 44.3 Å². The minimum atomic E-state index is 0.465. The van der Waals surface area contributed by atoms with E-state index in [0.29, 0.717) is 11.5 Å². The summed E-state index contributed by atoms with van der Waals surface area (Å²) in [5, 5.41) is 0. The molecular formula is C13H28N2O. The molecule has 1 heterocycles. The first-order valence-electron chi connectivity index (χ1n) is 6.52. The van der Waals surface area contributed by atoms with Gasteiger partial charge in [0.2, 0.25) is 0 Å². The third-order valence-electron chi connectivity index (χ3n) is 3.55. The Balaban J connectivity index is 2.48. The second-order valence-electron chi connectivity index (χ2n) is 5.78. The van der Waals surface area contributed by atoms with E-state index in [1.807, 2.05) is 0 Å². The second kappa shape index (κ2) is 6.58. The zero-order valence-electron chi connectivity index (χ0n) is 11.2. The van der Waals surface area contributed by atoms with Gasteiger partial charge in [-0.3, -0.25) is 4.90 Å². The van der Waals surface area contributed by atoms with Crippen LogP contribution in [-0.2, 0) is 4.74 Å². The standard InChI is InChI=1S/C13H28N2O/c1-13(2)7-5-9-15(11-13)12(10-16-3)6-4-8-14/h12H,4-11,14H2,1-3H3. The largest absolute Gasteiger partial charge is 0.383 e. The molecule has 0 aromatic heterocycles. The van der Waals surface area contributed by atoms with Crippen molar-refractivity contribution in [2.24, 2.45) is 11.1 Å². The number of hydrogen-bond acceptors (Lipinski definition) is 3. The molecule has 1 unspecified atom stereocenters. The number of hydrogen-bond donors (Lipinski definition) is 1. The van der Waals surface area contributed by atoms with E-state index in [1.54, 1.807) is 7.11 Å². The summed E-state index contributed by atoms with van der Waals surface area (Å²) in [5.41, 5.74) is 6.06. The molecule has 1 aliphatic rings. The van der Waals surface area contributed by atoms with E-state index in [-0.39, 0.29) is 0 Å². The summed E-state index contributed by atoms with van der Waals surface area (Å²) in [4.78, 5) is 2.60. The Hall–Kier alpha value is -0.120. The van der Waals surface area contributed by atoms with Crippen molar-refractivity contribution in [3.05, 3.63) is 0 Å². The van der Waals surface area contributed by atoms with Crippen molar-refractivity contribution in [1.29, 1.82) is 0 Å². The van der Waals surface area contributed by atoms with Gasteiger partial charge in [0.1, 0.15) is 0 Å². The first kappa shape index (κ1) is 13.9. The van der Waals surface area contributed by atoms with Crippen molar-refractivity contribution in [3.8, 4) is 0 Å². The Labute approximate surface area is 100 Å². The predicted molar refractivity (Wildman–Crippen MR) is 68.5 cm³/mol. The Morgan fingerprint density at radius 2 is 2.19 bits per heavy atom. The van der Waals surface area contributed by atoms with Crippen LogP contribution in [0.1, 0.15) is 39.5 Å². The molecule has 0 spiro atoms. The topological polar surface area (TPSA) is 38.5 Å². The van der Waals surface area contributed by atoms with E-state index in [9.17, 15) is 0 Å². The van der Waals surface area contributed by atoms with Crippen molar-refractivity contribution in [2.45, 2.75) is 45.6 Å². The molecule has 1 fully saturated rings. The van der Waals surface area contributed by atoms with Crippen molar-refractivity contribution in [3.63, 3.8) is 0 Å². The van der Waals surface area contributed by atoms with Crippen molar-refractivity contribution < 1.29 is 4.74 Å². The fraction of sp³-hybridized carbons (Fsp3) is 1.00. The number of nitrogens with two attached hydrogens (primary N) is 1. The molecule has 0 radical (unpaired) electrons. The monoisotopic (exact) mass is 228 g/mol. The first-order chi connectivity index (χ1) is 7.59. The van der Waals surface area contributed by atoms with Crippen LogP contribution >= 0.6 is 0 Å². The molecule has 0 aromatic rings. The van der Waals surface area contributed by atoms with E-state index >= 15 is 0 Å². The quantitative estimate of drug-likeness (QED) is 0.754. The van der Waals surface area contributed by atoms with Gasteiger partial charge in [-0.2, -0.15) is 0 Å². The van der Waals surface area contributed by atoms with Gasteiger partial charge in [0.25, 0.3) is 0 Å². The highest BCUT2D eigenvalue weighted by molar-refractivity contribution is 4.83. The van der Waals surface area contributed by atoms with Gasteiger partial charge in [-0.15, -0.1) is 0 Å². The summed E-state index contributed by atoms with van der Waals surface area (Å²) in [6, 6.07) is 0.563. The van der Waals surface area contributed by atoms with Gasteiger partial charge in [0.05, 0.1) is 6.61 Å². The highest BCUT2D eigenvalue weighted by Crippen LogP contribution is 2.30. The molecule has 0 amide bonds. The minimum Gasteiger partial charge on any atom is -0.383 e. The van der Waals surface area contributed by atoms with E-state index < -0.39 is 0 Å². The molecule has 0 aliphatic carbocycles. The molecule has 2 N–H and O–H groups in total. The molecule has 1 rings (SSSR count). The van der Waals surface area contributed by atoms with Gasteiger partial charge >= 0.3 is 0 Å². The molecule has 0 aromatic carbocycles. The Bertz CT molecular complexity index is 194. The number of rotatable bonds is 6. The predicted octanol–water partition coefficient (Wildman–Crippen LogP) is 1.86. The van der Waals surface area contributed by atoms with Crippen molar-refractivity contribution in [1.82, 2.24) is 4.90 Å². The summed E-state index contributed by atoms with van der Waals surface area (Å²) < 4.78 is 5.34. The molecule has 1 atom stereocenters. The van der Waals surface area contributed by atoms with Crippen LogP contribution in [0.4, 0.5) is 0 Å². The van der Waals surface area contributed by atoms with Crippen LogP contribution < -0.4 is 5.73 Å². The highest BCUT2D eigenvalue weighted by Gasteiger charge is 2.30. The molecule has 3 nitrogen and oxygen atoms in total. The lowest BCUT2D eigenvalue weighted by atomic mass is 9.83. The van der Waals surface area contributed by atoms with E-state index in [0.717, 1.165) is 19.6 Å². The fourth-order valence-corrected chi connectivity index (χ4v) is 2.70. The second-order valence-corrected chi connectivity index (χ2v) is 5.78. The molecule has 96 valence electrons. The zero-order valence-corrected chi connectivity index (χ0v) is 11.2. The average molecular weight is 228 g/mol. The Morgan fingerprint density at radius 3 is 2.75 bits per heavy atom. The maximum absolute atomic E-state index is 5.60. The van der Waals surface area contributed by atoms with Crippen LogP contribution in [0.5, 0.6) is 0 Å². The molecule has 1 saturated heterocycles. The SMILES string of the molecule is COCC(CCCN)N1CCCC(C)(C)C1. The lowest BCUT2D eigenvalue weighted by Gasteiger charge is -2.42. The maximum Gasteiger partial charge on any atom is 0.0618 e. The van der Waals surface area contributed by atoms with Crippen LogP contribution in [0, 0.1) is 5.41 Å². The fourth-order valence-electron chi connectivity index (χ4n) is 2.70. The van der Waals surface area contributed by atoms with E-state index in [2.05, 4.69) is 18.7 Å². The third-order valence-corrected chi connectivity index (χ3v) is 3.55. The van der Waals surface area contributed by atoms with Gasteiger partial charge < -0.3 is 10.5 Å². The van der Waals surface area contributed by atoms with Crippen LogP contribution in [0.15, 0.2) is 0 Å². The lowest BCUT2D eigenvalue weighted by molar-refractivity contribution is 0.0314. The number of ether oxygens (including phenoxy) is 1. The number of piperidine rings is 1. The van der Waals surface area contributed by atoms with Gasteiger partial charge in [-0.1, -0.05) is 13.8 Å². The summed E-state index contributed by atoms with van der Waals surface area (Å²) in [6.07, 6.45) is 4.93. The Morgan fingerprint density at radius 1 is 1.44 bits per heavy atom. The zero-order chi connectivity index (χ0) is 12.0. The number of nitrogens with zero attached hydrogens (tertiary/aromatic N) is 1. The van der Waals surface area contributed by atoms with E-state index in [1.165, 1.54) is 32.4 Å². The molecule has 3 heteroatoms. The Kier molecular flexibility index (Phi) is 5.73. The summed E-state index contributed by atoms with van der Waals surface area (Å²) in [6.45, 7) is 8.79. The normalized spacial score (nSPS) is 23.2. The maximum atomic E-state index is 5.60. The van der Waals surface area contributed by atoms with E-state index in [4.69, 9.17) is 10.5 Å². The summed E-state index contributed by atoms with van der Waals surface area (Å²) in [5.74, 6) is 0. The smallest absolute Gasteiger partial charge is 0.0618 e. The number of likely N-dealkylation sites (tertiary alicyclic amines) is 1. The lowest BCUT2D eigenvalue weighted by Crippen LogP contribution is -2.47. The molecule has 16 heavy (non-hydrogen) atoms. The number of methoxy groups -OCH3 is 1.